The molecule has 0 radical (unpaired) electrons. The molecule has 0 aromatic rings. The van der Waals surface area contributed by atoms with E-state index in [1.807, 2.05) is 13.8 Å². The number of amides is 1. The van der Waals surface area contributed by atoms with Crippen LogP contribution in [0.2, 0.25) is 0 Å². The lowest BCUT2D eigenvalue weighted by Crippen LogP contribution is -2.54. The van der Waals surface area contributed by atoms with Crippen molar-refractivity contribution in [2.45, 2.75) is 70.9 Å². The molecule has 1 saturated carbocycles. The highest BCUT2D eigenvalue weighted by molar-refractivity contribution is 5.78. The van der Waals surface area contributed by atoms with Crippen LogP contribution in [0.4, 0.5) is 0 Å². The molecule has 4 heteroatoms. The molecule has 122 valence electrons. The van der Waals surface area contributed by atoms with Crippen molar-refractivity contribution in [1.82, 2.24) is 10.2 Å². The van der Waals surface area contributed by atoms with E-state index in [0.29, 0.717) is 12.0 Å². The topological polar surface area (TPSA) is 52.6 Å². The van der Waals surface area contributed by atoms with Gasteiger partial charge in [0.15, 0.2) is 0 Å². The van der Waals surface area contributed by atoms with E-state index in [0.717, 1.165) is 25.9 Å². The Morgan fingerprint density at radius 2 is 1.95 bits per heavy atom. The first-order valence-corrected chi connectivity index (χ1v) is 8.75. The van der Waals surface area contributed by atoms with Gasteiger partial charge in [-0.1, -0.05) is 33.1 Å². The SMILES string of the molecule is CC(C)C(=O)NC1CC(CCO)CN(C2CCCCC2)C1. The quantitative estimate of drug-likeness (QED) is 0.817. The molecule has 1 aliphatic heterocycles. The van der Waals surface area contributed by atoms with Crippen LogP contribution in [0.25, 0.3) is 0 Å². The van der Waals surface area contributed by atoms with Gasteiger partial charge in [0.05, 0.1) is 0 Å². The lowest BCUT2D eigenvalue weighted by atomic mass is 9.87. The fraction of sp³-hybridized carbons (Fsp3) is 0.941. The Morgan fingerprint density at radius 1 is 1.24 bits per heavy atom. The van der Waals surface area contributed by atoms with Gasteiger partial charge in [-0.2, -0.15) is 0 Å². The van der Waals surface area contributed by atoms with Crippen molar-refractivity contribution in [3.05, 3.63) is 0 Å². The Labute approximate surface area is 129 Å². The van der Waals surface area contributed by atoms with Crippen LogP contribution in [0.5, 0.6) is 0 Å². The number of nitrogens with one attached hydrogen (secondary N) is 1. The van der Waals surface area contributed by atoms with Gasteiger partial charge in [-0.3, -0.25) is 9.69 Å². The molecule has 2 fully saturated rings. The van der Waals surface area contributed by atoms with Crippen molar-refractivity contribution in [2.24, 2.45) is 11.8 Å². The molecule has 2 unspecified atom stereocenters. The molecule has 1 heterocycles. The van der Waals surface area contributed by atoms with E-state index in [-0.39, 0.29) is 24.5 Å². The van der Waals surface area contributed by atoms with Crippen LogP contribution in [0, 0.1) is 11.8 Å². The molecule has 1 amide bonds. The number of aliphatic hydroxyl groups excluding tert-OH is 1. The smallest absolute Gasteiger partial charge is 0.222 e. The van der Waals surface area contributed by atoms with Crippen LogP contribution in [0.3, 0.4) is 0 Å². The molecule has 4 nitrogen and oxygen atoms in total. The van der Waals surface area contributed by atoms with Crippen LogP contribution in [-0.2, 0) is 4.79 Å². The number of rotatable bonds is 5. The molecule has 0 spiro atoms. The molecule has 0 aromatic heterocycles. The maximum Gasteiger partial charge on any atom is 0.222 e. The van der Waals surface area contributed by atoms with Crippen LogP contribution in [0.1, 0.15) is 58.8 Å². The monoisotopic (exact) mass is 296 g/mol. The van der Waals surface area contributed by atoms with Gasteiger partial charge in [-0.15, -0.1) is 0 Å². The van der Waals surface area contributed by atoms with E-state index >= 15 is 0 Å². The van der Waals surface area contributed by atoms with Crippen molar-refractivity contribution in [3.63, 3.8) is 0 Å². The van der Waals surface area contributed by atoms with E-state index in [2.05, 4.69) is 10.2 Å². The molecule has 2 rings (SSSR count). The summed E-state index contributed by atoms with van der Waals surface area (Å²) in [7, 11) is 0. The third kappa shape index (κ3) is 4.96. The molecule has 0 bridgehead atoms. The number of piperidine rings is 1. The number of nitrogens with zero attached hydrogens (tertiary/aromatic N) is 1. The molecule has 0 aromatic carbocycles. The molecule has 2 aliphatic rings. The minimum Gasteiger partial charge on any atom is -0.396 e. The average molecular weight is 296 g/mol. The van der Waals surface area contributed by atoms with Gasteiger partial charge in [0.1, 0.15) is 0 Å². The lowest BCUT2D eigenvalue weighted by molar-refractivity contribution is -0.125. The predicted molar refractivity (Wildman–Crippen MR) is 85.0 cm³/mol. The molecular formula is C17H32N2O2. The number of carbonyl (C=O) groups is 1. The second-order valence-corrected chi connectivity index (χ2v) is 7.22. The molecule has 1 aliphatic carbocycles. The number of hydrogen-bond acceptors (Lipinski definition) is 3. The standard InChI is InChI=1S/C17H32N2O2/c1-13(2)17(21)18-15-10-14(8-9-20)11-19(12-15)16-6-4-3-5-7-16/h13-16,20H,3-12H2,1-2H3,(H,18,21). The summed E-state index contributed by atoms with van der Waals surface area (Å²) in [5, 5.41) is 12.5. The van der Waals surface area contributed by atoms with Crippen LogP contribution >= 0.6 is 0 Å². The molecule has 1 saturated heterocycles. The van der Waals surface area contributed by atoms with Crippen molar-refractivity contribution < 1.29 is 9.90 Å². The Bertz CT molecular complexity index is 327. The first-order chi connectivity index (χ1) is 10.1. The zero-order chi connectivity index (χ0) is 15.2. The fourth-order valence-electron chi connectivity index (χ4n) is 3.85. The van der Waals surface area contributed by atoms with Crippen LogP contribution < -0.4 is 5.32 Å². The van der Waals surface area contributed by atoms with Crippen LogP contribution in [-0.4, -0.2) is 47.7 Å². The second-order valence-electron chi connectivity index (χ2n) is 7.22. The first-order valence-electron chi connectivity index (χ1n) is 8.75. The van der Waals surface area contributed by atoms with Crippen molar-refractivity contribution in [2.75, 3.05) is 19.7 Å². The summed E-state index contributed by atoms with van der Waals surface area (Å²) in [4.78, 5) is 14.6. The summed E-state index contributed by atoms with van der Waals surface area (Å²) in [6.45, 7) is 6.24. The second kappa shape index (κ2) is 8.14. The van der Waals surface area contributed by atoms with E-state index in [1.165, 1.54) is 32.1 Å². The Morgan fingerprint density at radius 3 is 2.57 bits per heavy atom. The lowest BCUT2D eigenvalue weighted by Gasteiger charge is -2.43. The molecule has 2 N–H and O–H groups in total. The predicted octanol–water partition coefficient (Wildman–Crippen LogP) is 2.16. The van der Waals surface area contributed by atoms with Crippen molar-refractivity contribution in [3.8, 4) is 0 Å². The maximum absolute atomic E-state index is 12.0. The van der Waals surface area contributed by atoms with E-state index in [1.54, 1.807) is 0 Å². The minimum atomic E-state index is 0.0475. The van der Waals surface area contributed by atoms with Gasteiger partial charge in [0.25, 0.3) is 0 Å². The van der Waals surface area contributed by atoms with Gasteiger partial charge >= 0.3 is 0 Å². The maximum atomic E-state index is 12.0. The van der Waals surface area contributed by atoms with Crippen molar-refractivity contribution >= 4 is 5.91 Å². The zero-order valence-corrected chi connectivity index (χ0v) is 13.7. The van der Waals surface area contributed by atoms with Crippen molar-refractivity contribution in [1.29, 1.82) is 0 Å². The summed E-state index contributed by atoms with van der Waals surface area (Å²) >= 11 is 0. The minimum absolute atomic E-state index is 0.0475. The summed E-state index contributed by atoms with van der Waals surface area (Å²) in [6, 6.07) is 0.950. The molecular weight excluding hydrogens is 264 g/mol. The summed E-state index contributed by atoms with van der Waals surface area (Å²) in [5.74, 6) is 0.725. The summed E-state index contributed by atoms with van der Waals surface area (Å²) < 4.78 is 0. The number of hydrogen-bond donors (Lipinski definition) is 2. The Hall–Kier alpha value is -0.610. The Kier molecular flexibility index (Phi) is 6.49. The molecule has 21 heavy (non-hydrogen) atoms. The largest absolute Gasteiger partial charge is 0.396 e. The normalized spacial score (nSPS) is 28.8. The van der Waals surface area contributed by atoms with Gasteiger partial charge in [0.2, 0.25) is 5.91 Å². The van der Waals surface area contributed by atoms with E-state index < -0.39 is 0 Å². The number of carbonyl (C=O) groups excluding carboxylic acids is 1. The van der Waals surface area contributed by atoms with E-state index in [4.69, 9.17) is 0 Å². The highest BCUT2D eigenvalue weighted by atomic mass is 16.3. The highest BCUT2D eigenvalue weighted by Crippen LogP contribution is 2.28. The van der Waals surface area contributed by atoms with Crippen LogP contribution in [0.15, 0.2) is 0 Å². The Balaban J connectivity index is 1.95. The highest BCUT2D eigenvalue weighted by Gasteiger charge is 2.32. The average Bonchev–Trinajstić information content (AvgIpc) is 2.48. The third-order valence-corrected chi connectivity index (χ3v) is 5.06. The molecule has 2 atom stereocenters. The van der Waals surface area contributed by atoms with Gasteiger partial charge in [-0.25, -0.2) is 0 Å². The zero-order valence-electron chi connectivity index (χ0n) is 13.7. The number of likely N-dealkylation sites (tertiary alicyclic amines) is 1. The third-order valence-electron chi connectivity index (χ3n) is 5.06. The summed E-state index contributed by atoms with van der Waals surface area (Å²) in [5.41, 5.74) is 0. The van der Waals surface area contributed by atoms with Gasteiger partial charge in [0, 0.05) is 37.7 Å². The summed E-state index contributed by atoms with van der Waals surface area (Å²) in [6.07, 6.45) is 8.54. The number of aliphatic hydroxyl groups is 1. The fourth-order valence-corrected chi connectivity index (χ4v) is 3.85. The first kappa shape index (κ1) is 16.8. The van der Waals surface area contributed by atoms with E-state index in [9.17, 15) is 9.90 Å². The van der Waals surface area contributed by atoms with Gasteiger partial charge < -0.3 is 10.4 Å². The van der Waals surface area contributed by atoms with Gasteiger partial charge in [-0.05, 0) is 31.6 Å².